The summed E-state index contributed by atoms with van der Waals surface area (Å²) >= 11 is 0. The van der Waals surface area contributed by atoms with Crippen LogP contribution in [-0.4, -0.2) is 0 Å². The Morgan fingerprint density at radius 1 is 0.340 bits per heavy atom. The van der Waals surface area contributed by atoms with E-state index in [1.54, 1.807) is 6.07 Å². The first-order chi connectivity index (χ1) is 23.1. The fourth-order valence-electron chi connectivity index (χ4n) is 4.87. The molecule has 50 heavy (non-hydrogen) atoms. The van der Waals surface area contributed by atoms with E-state index in [0.717, 1.165) is 5.56 Å². The number of rotatable bonds is 5. The summed E-state index contributed by atoms with van der Waals surface area (Å²) in [6, 6.07) is 43.4. The van der Waals surface area contributed by atoms with Gasteiger partial charge in [0.15, 0.2) is 0 Å². The highest BCUT2D eigenvalue weighted by Gasteiger charge is 2.03. The van der Waals surface area contributed by atoms with Gasteiger partial charge in [0, 0.05) is 0 Å². The van der Waals surface area contributed by atoms with Crippen LogP contribution >= 0.6 is 0 Å². The summed E-state index contributed by atoms with van der Waals surface area (Å²) in [5, 5.41) is 0. The van der Waals surface area contributed by atoms with Gasteiger partial charge in [0.1, 0.15) is 5.82 Å². The monoisotopic (exact) mass is 677 g/mol. The Morgan fingerprint density at radius 3 is 0.860 bits per heavy atom. The normalized spacial score (nSPS) is 10.1. The predicted octanol–water partition coefficient (Wildman–Crippen LogP) is 15.8. The molecule has 0 amide bonds. The first kappa shape index (κ1) is 46.0. The molecule has 0 aromatic heterocycles. The van der Waals surface area contributed by atoms with Crippen LogP contribution in [0.5, 0.6) is 0 Å². The lowest BCUT2D eigenvalue weighted by atomic mass is 10.0. The van der Waals surface area contributed by atoms with Gasteiger partial charge in [0.05, 0.1) is 0 Å². The molecular weight excluding hydrogens is 608 g/mol. The van der Waals surface area contributed by atoms with E-state index in [1.807, 2.05) is 32.0 Å². The average molecular weight is 677 g/mol. The van der Waals surface area contributed by atoms with Crippen molar-refractivity contribution in [3.05, 3.63) is 178 Å². The summed E-state index contributed by atoms with van der Waals surface area (Å²) in [5.41, 5.74) is 10.6. The fourth-order valence-corrected chi connectivity index (χ4v) is 4.87. The molecule has 0 aliphatic heterocycles. The van der Waals surface area contributed by atoms with Crippen molar-refractivity contribution in [3.63, 3.8) is 0 Å². The molecule has 0 saturated carbocycles. The van der Waals surface area contributed by atoms with E-state index in [-0.39, 0.29) is 19.2 Å². The van der Waals surface area contributed by atoms with Crippen LogP contribution < -0.4 is 0 Å². The molecule has 0 N–H and O–H groups in total. The lowest BCUT2D eigenvalue weighted by Crippen LogP contribution is -1.90. The van der Waals surface area contributed by atoms with Gasteiger partial charge < -0.3 is 0 Å². The van der Waals surface area contributed by atoms with Gasteiger partial charge >= 0.3 is 0 Å². The standard InChI is InChI=1S/3C10H14.C9H11F.C9H12.CH4/c3*1-8(2)10-6-4-5-9(3)7-10;1-7(2)8-5-3-4-6-9(8)10;1-8(2)9-6-4-3-5-7-9;/h3*4-8H,1-3H3;3-7H,1-2H3;3-8H,1-2H3;1H4. The Kier molecular flexibility index (Phi) is 23.1. The number of halogens is 1. The van der Waals surface area contributed by atoms with Gasteiger partial charge in [-0.1, -0.05) is 215 Å². The Bertz CT molecular complexity index is 1460. The van der Waals surface area contributed by atoms with Gasteiger partial charge in [0.2, 0.25) is 0 Å². The second kappa shape index (κ2) is 25.1. The fraction of sp³-hybridized carbons (Fsp3) is 0.388. The second-order valence-electron chi connectivity index (χ2n) is 14.4. The maximum Gasteiger partial charge on any atom is 0.126 e. The molecule has 0 saturated heterocycles. The van der Waals surface area contributed by atoms with Gasteiger partial charge in [-0.2, -0.15) is 0 Å². The Morgan fingerprint density at radius 2 is 0.640 bits per heavy atom. The summed E-state index contributed by atoms with van der Waals surface area (Å²) in [5.74, 6) is 2.80. The van der Waals surface area contributed by atoms with Crippen LogP contribution in [0.15, 0.2) is 127 Å². The van der Waals surface area contributed by atoms with E-state index in [0.29, 0.717) is 23.7 Å². The molecule has 272 valence electrons. The minimum absolute atomic E-state index is 0. The van der Waals surface area contributed by atoms with E-state index in [4.69, 9.17) is 0 Å². The smallest absolute Gasteiger partial charge is 0.126 e. The number of aryl methyl sites for hydroxylation is 3. The van der Waals surface area contributed by atoms with E-state index in [2.05, 4.69) is 173 Å². The molecule has 0 aliphatic carbocycles. The van der Waals surface area contributed by atoms with Crippen molar-refractivity contribution >= 4 is 0 Å². The molecule has 0 nitrogen and oxygen atoms in total. The minimum atomic E-state index is -0.0995. The van der Waals surface area contributed by atoms with Crippen LogP contribution in [0, 0.1) is 26.6 Å². The zero-order valence-corrected chi connectivity index (χ0v) is 32.9. The van der Waals surface area contributed by atoms with Crippen molar-refractivity contribution in [3.8, 4) is 0 Å². The van der Waals surface area contributed by atoms with Crippen molar-refractivity contribution in [2.45, 2.75) is 127 Å². The zero-order valence-electron chi connectivity index (χ0n) is 32.9. The molecule has 5 rings (SSSR count). The molecule has 5 aromatic carbocycles. The van der Waals surface area contributed by atoms with E-state index in [1.165, 1.54) is 45.0 Å². The quantitative estimate of drug-likeness (QED) is 0.174. The van der Waals surface area contributed by atoms with E-state index < -0.39 is 0 Å². The molecule has 0 atom stereocenters. The van der Waals surface area contributed by atoms with E-state index in [9.17, 15) is 4.39 Å². The third kappa shape index (κ3) is 19.3. The van der Waals surface area contributed by atoms with Gasteiger partial charge in [-0.3, -0.25) is 0 Å². The Hall–Kier alpha value is -3.97. The summed E-state index contributed by atoms with van der Waals surface area (Å²) in [4.78, 5) is 0. The first-order valence-corrected chi connectivity index (χ1v) is 18.1. The summed E-state index contributed by atoms with van der Waals surface area (Å²) in [6.07, 6.45) is 0. The molecule has 0 radical (unpaired) electrons. The molecule has 0 heterocycles. The first-order valence-electron chi connectivity index (χ1n) is 18.1. The van der Waals surface area contributed by atoms with Gasteiger partial charge in [-0.15, -0.1) is 0 Å². The molecule has 1 heteroatoms. The summed E-state index contributed by atoms with van der Waals surface area (Å²) < 4.78 is 12.8. The van der Waals surface area contributed by atoms with Crippen LogP contribution in [0.3, 0.4) is 0 Å². The molecule has 0 fully saturated rings. The highest BCUT2D eigenvalue weighted by Crippen LogP contribution is 2.18. The Balaban J connectivity index is 0.000000598. The lowest BCUT2D eigenvalue weighted by Gasteiger charge is -2.04. The SMILES string of the molecule is C.CC(C)c1ccccc1.CC(C)c1ccccc1F.Cc1cccc(C(C)C)c1.Cc1cccc(C(C)C)c1.Cc1cccc(C(C)C)c1. The average Bonchev–Trinajstić information content (AvgIpc) is 3.06. The van der Waals surface area contributed by atoms with Gasteiger partial charge in [-0.05, 0) is 84.2 Å². The number of hydrogen-bond acceptors (Lipinski definition) is 0. The van der Waals surface area contributed by atoms with Crippen molar-refractivity contribution in [2.24, 2.45) is 0 Å². The molecule has 0 spiro atoms. The topological polar surface area (TPSA) is 0 Å². The van der Waals surface area contributed by atoms with Crippen LogP contribution in [0.4, 0.5) is 4.39 Å². The third-order valence-corrected chi connectivity index (χ3v) is 8.12. The summed E-state index contributed by atoms with van der Waals surface area (Å²) in [6.45, 7) is 28.1. The third-order valence-electron chi connectivity index (χ3n) is 8.12. The van der Waals surface area contributed by atoms with Crippen LogP contribution in [-0.2, 0) is 0 Å². The predicted molar refractivity (Wildman–Crippen MR) is 224 cm³/mol. The van der Waals surface area contributed by atoms with Crippen LogP contribution in [0.1, 0.15) is 151 Å². The molecule has 0 bridgehead atoms. The van der Waals surface area contributed by atoms with Gasteiger partial charge in [0.25, 0.3) is 0 Å². The number of hydrogen-bond donors (Lipinski definition) is 0. The Labute approximate surface area is 308 Å². The molecular formula is C49H69F. The zero-order chi connectivity index (χ0) is 36.9. The molecule has 0 unspecified atom stereocenters. The maximum absolute atomic E-state index is 12.8. The molecule has 0 aliphatic rings. The maximum atomic E-state index is 12.8. The van der Waals surface area contributed by atoms with Crippen molar-refractivity contribution < 1.29 is 4.39 Å². The minimum Gasteiger partial charge on any atom is -0.207 e. The van der Waals surface area contributed by atoms with Crippen molar-refractivity contribution in [1.82, 2.24) is 0 Å². The van der Waals surface area contributed by atoms with E-state index >= 15 is 0 Å². The summed E-state index contributed by atoms with van der Waals surface area (Å²) in [7, 11) is 0. The number of benzene rings is 5. The second-order valence-corrected chi connectivity index (χ2v) is 14.4. The van der Waals surface area contributed by atoms with Gasteiger partial charge in [-0.25, -0.2) is 4.39 Å². The van der Waals surface area contributed by atoms with Crippen molar-refractivity contribution in [2.75, 3.05) is 0 Å². The highest BCUT2D eigenvalue weighted by atomic mass is 19.1. The highest BCUT2D eigenvalue weighted by molar-refractivity contribution is 5.26. The van der Waals surface area contributed by atoms with Crippen LogP contribution in [0.25, 0.3) is 0 Å². The van der Waals surface area contributed by atoms with Crippen LogP contribution in [0.2, 0.25) is 0 Å². The lowest BCUT2D eigenvalue weighted by molar-refractivity contribution is 0.598. The largest absolute Gasteiger partial charge is 0.207 e. The van der Waals surface area contributed by atoms with Crippen molar-refractivity contribution in [1.29, 1.82) is 0 Å². The molecule has 5 aromatic rings.